The monoisotopic (exact) mass is 263 g/mol. The topological polar surface area (TPSA) is 106 Å². The third kappa shape index (κ3) is 2.66. The number of hydrogen-bond acceptors (Lipinski definition) is 5. The predicted octanol–water partition coefficient (Wildman–Crippen LogP) is 0.547. The Hall–Kier alpha value is -1.79. The van der Waals surface area contributed by atoms with E-state index in [0.29, 0.717) is 6.07 Å². The number of nitriles is 1. The molecule has 0 radical (unpaired) electrons. The van der Waals surface area contributed by atoms with Crippen molar-refractivity contribution in [3.8, 4) is 11.9 Å². The molecule has 0 aliphatic carbocycles. The van der Waals surface area contributed by atoms with E-state index in [1.807, 2.05) is 0 Å². The van der Waals surface area contributed by atoms with Crippen LogP contribution in [0.1, 0.15) is 17.7 Å². The van der Waals surface area contributed by atoms with Gasteiger partial charge in [0.15, 0.2) is 4.90 Å². The Bertz CT molecular complexity index is 580. The second kappa shape index (κ2) is 4.60. The van der Waals surface area contributed by atoms with Crippen molar-refractivity contribution in [3.63, 3.8) is 0 Å². The molecule has 1 heterocycles. The van der Waals surface area contributed by atoms with Crippen molar-refractivity contribution in [1.82, 2.24) is 4.98 Å². The molecular formula is C8H7F2N3O3S. The standard InChI is InChI=1S/C8H7F2N3O3S/c1-16-8-6(17(12,14)15)5(7(9)10)2-4(3-11)13-8/h2,7H,1H3,(H2,12,14,15). The summed E-state index contributed by atoms with van der Waals surface area (Å²) in [5.74, 6) is -0.623. The van der Waals surface area contributed by atoms with Crippen LogP contribution in [0.2, 0.25) is 0 Å². The molecule has 6 nitrogen and oxygen atoms in total. The molecule has 2 N–H and O–H groups in total. The summed E-state index contributed by atoms with van der Waals surface area (Å²) < 4.78 is 52.3. The predicted molar refractivity (Wildman–Crippen MR) is 51.8 cm³/mol. The SMILES string of the molecule is COc1nc(C#N)cc(C(F)F)c1S(N)(=O)=O. The molecule has 0 saturated heterocycles. The van der Waals surface area contributed by atoms with E-state index in [1.54, 1.807) is 0 Å². The molecule has 0 aromatic carbocycles. The number of ether oxygens (including phenoxy) is 1. The van der Waals surface area contributed by atoms with Crippen LogP contribution in [0.3, 0.4) is 0 Å². The summed E-state index contributed by atoms with van der Waals surface area (Å²) >= 11 is 0. The van der Waals surface area contributed by atoms with E-state index in [1.165, 1.54) is 6.07 Å². The number of primary sulfonamides is 1. The lowest BCUT2D eigenvalue weighted by molar-refractivity contribution is 0.146. The maximum absolute atomic E-state index is 12.7. The molecule has 0 saturated carbocycles. The molecule has 0 aliphatic heterocycles. The third-order valence-electron chi connectivity index (χ3n) is 1.80. The van der Waals surface area contributed by atoms with Gasteiger partial charge in [0, 0.05) is 5.56 Å². The second-order valence-electron chi connectivity index (χ2n) is 2.89. The summed E-state index contributed by atoms with van der Waals surface area (Å²) in [5.41, 5.74) is -1.29. The molecule has 17 heavy (non-hydrogen) atoms. The lowest BCUT2D eigenvalue weighted by Gasteiger charge is -2.10. The second-order valence-corrected chi connectivity index (χ2v) is 4.39. The van der Waals surface area contributed by atoms with E-state index in [4.69, 9.17) is 10.4 Å². The van der Waals surface area contributed by atoms with E-state index in [2.05, 4.69) is 9.72 Å². The fourth-order valence-corrected chi connectivity index (χ4v) is 2.02. The Morgan fingerprint density at radius 2 is 2.18 bits per heavy atom. The zero-order valence-corrected chi connectivity index (χ0v) is 9.33. The molecule has 0 atom stereocenters. The molecule has 0 aliphatic rings. The van der Waals surface area contributed by atoms with Crippen LogP contribution in [0, 0.1) is 11.3 Å². The number of methoxy groups -OCH3 is 1. The van der Waals surface area contributed by atoms with Gasteiger partial charge in [-0.25, -0.2) is 27.3 Å². The van der Waals surface area contributed by atoms with Crippen LogP contribution in [0.4, 0.5) is 8.78 Å². The van der Waals surface area contributed by atoms with Gasteiger partial charge in [0.25, 0.3) is 6.43 Å². The van der Waals surface area contributed by atoms with Crippen LogP contribution in [-0.2, 0) is 10.0 Å². The minimum Gasteiger partial charge on any atom is -0.480 e. The molecule has 0 bridgehead atoms. The van der Waals surface area contributed by atoms with Crippen molar-refractivity contribution in [2.45, 2.75) is 11.3 Å². The first-order valence-corrected chi connectivity index (χ1v) is 5.66. The van der Waals surface area contributed by atoms with Gasteiger partial charge in [-0.1, -0.05) is 0 Å². The first-order chi connectivity index (χ1) is 7.81. The normalized spacial score (nSPS) is 11.3. The number of nitrogens with two attached hydrogens (primary N) is 1. The van der Waals surface area contributed by atoms with Gasteiger partial charge in [0.2, 0.25) is 15.9 Å². The van der Waals surface area contributed by atoms with Crippen molar-refractivity contribution in [2.24, 2.45) is 5.14 Å². The molecule has 1 rings (SSSR count). The highest BCUT2D eigenvalue weighted by Crippen LogP contribution is 2.32. The number of alkyl halides is 2. The minimum atomic E-state index is -4.42. The van der Waals surface area contributed by atoms with Crippen LogP contribution in [0.15, 0.2) is 11.0 Å². The van der Waals surface area contributed by atoms with Gasteiger partial charge in [0.05, 0.1) is 7.11 Å². The van der Waals surface area contributed by atoms with Gasteiger partial charge >= 0.3 is 0 Å². The highest BCUT2D eigenvalue weighted by atomic mass is 32.2. The summed E-state index contributed by atoms with van der Waals surface area (Å²) in [6.07, 6.45) is -3.12. The number of hydrogen-bond donors (Lipinski definition) is 1. The Morgan fingerprint density at radius 3 is 2.53 bits per heavy atom. The number of pyridine rings is 1. The Balaban J connectivity index is 3.72. The Labute approximate surface area is 95.7 Å². The summed E-state index contributed by atoms with van der Waals surface area (Å²) in [6, 6.07) is 2.18. The fourth-order valence-electron chi connectivity index (χ4n) is 1.17. The van der Waals surface area contributed by atoms with Crippen LogP contribution < -0.4 is 9.88 Å². The summed E-state index contributed by atoms with van der Waals surface area (Å²) in [4.78, 5) is 2.54. The van der Waals surface area contributed by atoms with Gasteiger partial charge in [-0.15, -0.1) is 0 Å². The zero-order chi connectivity index (χ0) is 13.2. The lowest BCUT2D eigenvalue weighted by Crippen LogP contribution is -2.17. The molecule has 92 valence electrons. The van der Waals surface area contributed by atoms with Gasteiger partial charge in [-0.05, 0) is 6.07 Å². The van der Waals surface area contributed by atoms with Crippen LogP contribution >= 0.6 is 0 Å². The van der Waals surface area contributed by atoms with Crippen molar-refractivity contribution in [1.29, 1.82) is 5.26 Å². The van der Waals surface area contributed by atoms with Crippen LogP contribution in [0.5, 0.6) is 5.88 Å². The van der Waals surface area contributed by atoms with Crippen molar-refractivity contribution < 1.29 is 21.9 Å². The Kier molecular flexibility index (Phi) is 3.59. The quantitative estimate of drug-likeness (QED) is 0.856. The highest BCUT2D eigenvalue weighted by Gasteiger charge is 2.27. The average molecular weight is 263 g/mol. The summed E-state index contributed by atoms with van der Waals surface area (Å²) in [6.45, 7) is 0. The van der Waals surface area contributed by atoms with E-state index in [-0.39, 0.29) is 5.69 Å². The third-order valence-corrected chi connectivity index (χ3v) is 2.78. The molecule has 0 amide bonds. The van der Waals surface area contributed by atoms with E-state index < -0.39 is 32.8 Å². The lowest BCUT2D eigenvalue weighted by atomic mass is 10.2. The molecule has 0 fully saturated rings. The minimum absolute atomic E-state index is 0.385. The first-order valence-electron chi connectivity index (χ1n) is 4.11. The zero-order valence-electron chi connectivity index (χ0n) is 8.52. The largest absolute Gasteiger partial charge is 0.480 e. The summed E-state index contributed by atoms with van der Waals surface area (Å²) in [7, 11) is -3.39. The van der Waals surface area contributed by atoms with Crippen LogP contribution in [0.25, 0.3) is 0 Å². The number of sulfonamides is 1. The number of nitrogens with zero attached hydrogens (tertiary/aromatic N) is 2. The smallest absolute Gasteiger partial charge is 0.265 e. The molecule has 1 aromatic heterocycles. The summed E-state index contributed by atoms with van der Waals surface area (Å²) in [5, 5.41) is 13.4. The molecular weight excluding hydrogens is 256 g/mol. The van der Waals surface area contributed by atoms with Crippen molar-refractivity contribution >= 4 is 10.0 Å². The van der Waals surface area contributed by atoms with Gasteiger partial charge in [0.1, 0.15) is 11.8 Å². The van der Waals surface area contributed by atoms with Crippen molar-refractivity contribution in [3.05, 3.63) is 17.3 Å². The molecule has 0 unspecified atom stereocenters. The van der Waals surface area contributed by atoms with Crippen molar-refractivity contribution in [2.75, 3.05) is 7.11 Å². The maximum atomic E-state index is 12.7. The Morgan fingerprint density at radius 1 is 1.59 bits per heavy atom. The highest BCUT2D eigenvalue weighted by molar-refractivity contribution is 7.89. The van der Waals surface area contributed by atoms with Gasteiger partial charge in [-0.2, -0.15) is 5.26 Å². The average Bonchev–Trinajstić information content (AvgIpc) is 2.25. The number of halogens is 2. The number of rotatable bonds is 3. The van der Waals surface area contributed by atoms with E-state index in [0.717, 1.165) is 7.11 Å². The molecule has 9 heteroatoms. The molecule has 1 aromatic rings. The van der Waals surface area contributed by atoms with Gasteiger partial charge in [-0.3, -0.25) is 0 Å². The maximum Gasteiger partial charge on any atom is 0.265 e. The van der Waals surface area contributed by atoms with Crippen LogP contribution in [-0.4, -0.2) is 20.5 Å². The van der Waals surface area contributed by atoms with E-state index in [9.17, 15) is 17.2 Å². The fraction of sp³-hybridized carbons (Fsp3) is 0.250. The molecule has 0 spiro atoms. The first kappa shape index (κ1) is 13.3. The van der Waals surface area contributed by atoms with E-state index >= 15 is 0 Å². The number of aromatic nitrogens is 1. The van der Waals surface area contributed by atoms with Gasteiger partial charge < -0.3 is 4.74 Å².